The summed E-state index contributed by atoms with van der Waals surface area (Å²) < 4.78 is 6.15. The van der Waals surface area contributed by atoms with Gasteiger partial charge >= 0.3 is 5.97 Å². The molecule has 0 saturated heterocycles. The van der Waals surface area contributed by atoms with Gasteiger partial charge in [-0.1, -0.05) is 13.8 Å². The van der Waals surface area contributed by atoms with Crippen LogP contribution in [-0.4, -0.2) is 11.1 Å². The lowest BCUT2D eigenvalue weighted by molar-refractivity contribution is -0.139. The van der Waals surface area contributed by atoms with Crippen LogP contribution < -0.4 is 0 Å². The predicted octanol–water partition coefficient (Wildman–Crippen LogP) is 2.87. The lowest BCUT2D eigenvalue weighted by Crippen LogP contribution is -2.03. The summed E-state index contributed by atoms with van der Waals surface area (Å²) in [5, 5.41) is 8.99. The number of carboxylic acid groups (broad SMARTS) is 1. The van der Waals surface area contributed by atoms with Crippen molar-refractivity contribution in [2.24, 2.45) is 11.3 Å². The second-order valence-corrected chi connectivity index (χ2v) is 5.10. The summed E-state index contributed by atoms with van der Waals surface area (Å²) in [6.07, 6.45) is 1.58. The van der Waals surface area contributed by atoms with Crippen molar-refractivity contribution in [2.45, 2.75) is 19.8 Å². The number of furan rings is 1. The van der Waals surface area contributed by atoms with Crippen LogP contribution in [-0.2, 0) is 4.79 Å². The molecular weight excluding hydrogens is 248 g/mol. The van der Waals surface area contributed by atoms with Gasteiger partial charge in [-0.05, 0) is 27.4 Å². The van der Waals surface area contributed by atoms with Crippen molar-refractivity contribution in [3.8, 4) is 0 Å². The molecule has 76 valence electrons. The molecule has 0 radical (unpaired) electrons. The molecule has 0 bridgehead atoms. The molecule has 1 fully saturated rings. The fourth-order valence-electron chi connectivity index (χ4n) is 2.12. The first-order chi connectivity index (χ1) is 6.46. The molecule has 1 aliphatic carbocycles. The molecular formula is C10H11BrO3. The maximum absolute atomic E-state index is 10.9. The molecule has 0 amide bonds. The first-order valence-corrected chi connectivity index (χ1v) is 5.21. The van der Waals surface area contributed by atoms with Crippen LogP contribution >= 0.6 is 15.9 Å². The average Bonchev–Trinajstić information content (AvgIpc) is 2.42. The van der Waals surface area contributed by atoms with Gasteiger partial charge in [0.05, 0.1) is 16.7 Å². The molecule has 14 heavy (non-hydrogen) atoms. The summed E-state index contributed by atoms with van der Waals surface area (Å²) in [6, 6.07) is 1.79. The smallest absolute Gasteiger partial charge is 0.307 e. The van der Waals surface area contributed by atoms with Crippen molar-refractivity contribution in [3.63, 3.8) is 0 Å². The van der Waals surface area contributed by atoms with Gasteiger partial charge in [-0.2, -0.15) is 0 Å². The van der Waals surface area contributed by atoms with E-state index >= 15 is 0 Å². The molecule has 1 aromatic rings. The average molecular weight is 259 g/mol. The van der Waals surface area contributed by atoms with E-state index in [-0.39, 0.29) is 17.3 Å². The quantitative estimate of drug-likeness (QED) is 0.888. The lowest BCUT2D eigenvalue weighted by atomic mass is 10.1. The van der Waals surface area contributed by atoms with E-state index in [2.05, 4.69) is 15.9 Å². The first-order valence-electron chi connectivity index (χ1n) is 4.42. The summed E-state index contributed by atoms with van der Waals surface area (Å²) in [5.74, 6) is -0.333. The van der Waals surface area contributed by atoms with Crippen LogP contribution in [0.5, 0.6) is 0 Å². The van der Waals surface area contributed by atoms with Crippen molar-refractivity contribution in [1.29, 1.82) is 0 Å². The van der Waals surface area contributed by atoms with Gasteiger partial charge in [0.2, 0.25) is 0 Å². The molecule has 1 aliphatic rings. The molecule has 1 aromatic heterocycles. The summed E-state index contributed by atoms with van der Waals surface area (Å²) in [4.78, 5) is 10.9. The minimum Gasteiger partial charge on any atom is -0.481 e. The third kappa shape index (κ3) is 1.21. The molecule has 4 heteroatoms. The summed E-state index contributed by atoms with van der Waals surface area (Å²) in [6.45, 7) is 3.90. The monoisotopic (exact) mass is 258 g/mol. The predicted molar refractivity (Wildman–Crippen MR) is 54.1 cm³/mol. The Bertz CT molecular complexity index is 380. The fraction of sp³-hybridized carbons (Fsp3) is 0.500. The maximum Gasteiger partial charge on any atom is 0.307 e. The first kappa shape index (κ1) is 9.77. The van der Waals surface area contributed by atoms with Crippen LogP contribution in [0.1, 0.15) is 25.5 Å². The third-order valence-corrected chi connectivity index (χ3v) is 3.68. The van der Waals surface area contributed by atoms with E-state index in [0.717, 1.165) is 10.2 Å². The van der Waals surface area contributed by atoms with Crippen LogP contribution in [0.15, 0.2) is 21.2 Å². The number of rotatable bonds is 2. The van der Waals surface area contributed by atoms with Gasteiger partial charge in [-0.25, -0.2) is 0 Å². The Balaban J connectivity index is 2.32. The molecule has 2 unspecified atom stereocenters. The van der Waals surface area contributed by atoms with E-state index in [4.69, 9.17) is 9.52 Å². The molecule has 0 aliphatic heterocycles. The normalized spacial score (nSPS) is 28.8. The van der Waals surface area contributed by atoms with Gasteiger partial charge in [0.15, 0.2) is 0 Å². The van der Waals surface area contributed by atoms with Crippen molar-refractivity contribution >= 4 is 21.9 Å². The van der Waals surface area contributed by atoms with Crippen LogP contribution in [0, 0.1) is 11.3 Å². The zero-order valence-electron chi connectivity index (χ0n) is 7.95. The number of aliphatic carboxylic acids is 1. The Kier molecular flexibility index (Phi) is 2.00. The number of hydrogen-bond acceptors (Lipinski definition) is 2. The van der Waals surface area contributed by atoms with E-state index in [1.807, 2.05) is 13.8 Å². The highest BCUT2D eigenvalue weighted by molar-refractivity contribution is 9.10. The van der Waals surface area contributed by atoms with Crippen molar-refractivity contribution in [1.82, 2.24) is 0 Å². The minimum atomic E-state index is -0.747. The summed E-state index contributed by atoms with van der Waals surface area (Å²) in [7, 11) is 0. The highest BCUT2D eigenvalue weighted by Gasteiger charge is 2.64. The maximum atomic E-state index is 10.9. The summed E-state index contributed by atoms with van der Waals surface area (Å²) >= 11 is 3.35. The number of carbonyl (C=O) groups is 1. The zero-order valence-corrected chi connectivity index (χ0v) is 9.54. The standard InChI is InChI=1S/C10H11BrO3/c1-10(2)6(7(10)9(12)13)8-5(11)3-4-14-8/h3-4,6-7H,1-2H3,(H,12,13). The van der Waals surface area contributed by atoms with Gasteiger partial charge in [0, 0.05) is 5.92 Å². The largest absolute Gasteiger partial charge is 0.481 e. The van der Waals surface area contributed by atoms with E-state index in [0.29, 0.717) is 0 Å². The van der Waals surface area contributed by atoms with Crippen LogP contribution in [0.2, 0.25) is 0 Å². The SMILES string of the molecule is CC1(C)C(C(=O)O)C1c1occc1Br. The lowest BCUT2D eigenvalue weighted by Gasteiger charge is -1.98. The highest BCUT2D eigenvalue weighted by atomic mass is 79.9. The Morgan fingerprint density at radius 2 is 2.29 bits per heavy atom. The molecule has 0 spiro atoms. The molecule has 1 saturated carbocycles. The third-order valence-electron chi connectivity index (χ3n) is 3.02. The minimum absolute atomic E-state index is 0.00984. The van der Waals surface area contributed by atoms with E-state index in [1.54, 1.807) is 12.3 Å². The topological polar surface area (TPSA) is 50.4 Å². The van der Waals surface area contributed by atoms with Crippen LogP contribution in [0.4, 0.5) is 0 Å². The molecule has 1 N–H and O–H groups in total. The summed E-state index contributed by atoms with van der Waals surface area (Å²) in [5.41, 5.74) is -0.202. The van der Waals surface area contributed by atoms with E-state index in [9.17, 15) is 4.79 Å². The van der Waals surface area contributed by atoms with Gasteiger partial charge in [0.1, 0.15) is 5.76 Å². The highest BCUT2D eigenvalue weighted by Crippen LogP contribution is 2.65. The van der Waals surface area contributed by atoms with Gasteiger partial charge in [0.25, 0.3) is 0 Å². The number of hydrogen-bond donors (Lipinski definition) is 1. The second-order valence-electron chi connectivity index (χ2n) is 4.25. The van der Waals surface area contributed by atoms with Crippen LogP contribution in [0.3, 0.4) is 0 Å². The molecule has 0 aromatic carbocycles. The van der Waals surface area contributed by atoms with Crippen molar-refractivity contribution in [2.75, 3.05) is 0 Å². The number of halogens is 1. The van der Waals surface area contributed by atoms with Gasteiger partial charge in [-0.3, -0.25) is 4.79 Å². The zero-order chi connectivity index (χ0) is 10.5. The van der Waals surface area contributed by atoms with Gasteiger partial charge < -0.3 is 9.52 Å². The van der Waals surface area contributed by atoms with E-state index in [1.165, 1.54) is 0 Å². The van der Waals surface area contributed by atoms with Gasteiger partial charge in [-0.15, -0.1) is 0 Å². The molecule has 3 nitrogen and oxygen atoms in total. The van der Waals surface area contributed by atoms with Crippen molar-refractivity contribution in [3.05, 3.63) is 22.6 Å². The van der Waals surface area contributed by atoms with E-state index < -0.39 is 5.97 Å². The molecule has 2 rings (SSSR count). The fourth-order valence-corrected chi connectivity index (χ4v) is 2.56. The Hall–Kier alpha value is -0.770. The van der Waals surface area contributed by atoms with Crippen LogP contribution in [0.25, 0.3) is 0 Å². The Morgan fingerprint density at radius 3 is 2.64 bits per heavy atom. The number of carboxylic acids is 1. The van der Waals surface area contributed by atoms with Crippen molar-refractivity contribution < 1.29 is 14.3 Å². The Morgan fingerprint density at radius 1 is 1.64 bits per heavy atom. The molecule has 1 heterocycles. The Labute approximate surface area is 90.2 Å². The molecule has 2 atom stereocenters. The second kappa shape index (κ2) is 2.86.